The Hall–Kier alpha value is -3.31. The number of methoxy groups -OCH3 is 1. The SMILES string of the molecule is COc1ccc([N+](=O)[O-])cc1/C=C1/SC(=O)N(CC(=O)Nc2cccc(SC)c2)C1=O. The van der Waals surface area contributed by atoms with Crippen LogP contribution in [0.2, 0.25) is 0 Å². The van der Waals surface area contributed by atoms with Crippen LogP contribution in [0.3, 0.4) is 0 Å². The Bertz CT molecular complexity index is 1100. The monoisotopic (exact) mass is 459 g/mol. The Labute approximate surface area is 186 Å². The number of amides is 3. The molecule has 11 heteroatoms. The van der Waals surface area contributed by atoms with E-state index in [1.165, 1.54) is 43.1 Å². The van der Waals surface area contributed by atoms with Gasteiger partial charge in [-0.2, -0.15) is 0 Å². The smallest absolute Gasteiger partial charge is 0.294 e. The highest BCUT2D eigenvalue weighted by molar-refractivity contribution is 8.18. The first-order chi connectivity index (χ1) is 14.8. The van der Waals surface area contributed by atoms with Gasteiger partial charge in [0.25, 0.3) is 16.8 Å². The van der Waals surface area contributed by atoms with Crippen LogP contribution in [-0.2, 0) is 9.59 Å². The molecule has 2 aromatic rings. The molecule has 1 N–H and O–H groups in total. The molecule has 0 atom stereocenters. The number of benzene rings is 2. The molecule has 3 rings (SSSR count). The van der Waals surface area contributed by atoms with E-state index in [0.717, 1.165) is 9.80 Å². The maximum absolute atomic E-state index is 12.7. The van der Waals surface area contributed by atoms with Crippen LogP contribution in [0.4, 0.5) is 16.2 Å². The number of rotatable bonds is 7. The maximum Gasteiger partial charge on any atom is 0.294 e. The number of hydrogen-bond acceptors (Lipinski definition) is 8. The Morgan fingerprint density at radius 3 is 2.74 bits per heavy atom. The fourth-order valence-electron chi connectivity index (χ4n) is 2.77. The van der Waals surface area contributed by atoms with Crippen molar-refractivity contribution in [3.63, 3.8) is 0 Å². The summed E-state index contributed by atoms with van der Waals surface area (Å²) in [6, 6.07) is 11.1. The van der Waals surface area contributed by atoms with Gasteiger partial charge in [0.2, 0.25) is 5.91 Å². The van der Waals surface area contributed by atoms with Gasteiger partial charge in [-0.3, -0.25) is 29.4 Å². The molecule has 0 radical (unpaired) electrons. The van der Waals surface area contributed by atoms with Gasteiger partial charge in [-0.15, -0.1) is 11.8 Å². The second-order valence-electron chi connectivity index (χ2n) is 6.23. The summed E-state index contributed by atoms with van der Waals surface area (Å²) in [5.74, 6) is -0.866. The summed E-state index contributed by atoms with van der Waals surface area (Å²) in [7, 11) is 1.39. The van der Waals surface area contributed by atoms with Crippen LogP contribution in [0, 0.1) is 10.1 Å². The van der Waals surface area contributed by atoms with Crippen LogP contribution >= 0.6 is 23.5 Å². The lowest BCUT2D eigenvalue weighted by molar-refractivity contribution is -0.384. The summed E-state index contributed by atoms with van der Waals surface area (Å²) in [5, 5.41) is 13.1. The van der Waals surface area contributed by atoms with Crippen molar-refractivity contribution < 1.29 is 24.0 Å². The first-order valence-corrected chi connectivity index (χ1v) is 10.9. The van der Waals surface area contributed by atoms with Crippen molar-refractivity contribution in [2.24, 2.45) is 0 Å². The average molecular weight is 460 g/mol. The van der Waals surface area contributed by atoms with Crippen molar-refractivity contribution in [3.05, 3.63) is 63.0 Å². The van der Waals surface area contributed by atoms with Crippen LogP contribution in [0.15, 0.2) is 52.3 Å². The van der Waals surface area contributed by atoms with Gasteiger partial charge < -0.3 is 10.1 Å². The Kier molecular flexibility index (Phi) is 6.98. The highest BCUT2D eigenvalue weighted by Gasteiger charge is 2.36. The Morgan fingerprint density at radius 2 is 2.06 bits per heavy atom. The van der Waals surface area contributed by atoms with Gasteiger partial charge in [-0.05, 0) is 48.4 Å². The molecule has 9 nitrogen and oxygen atoms in total. The number of hydrogen-bond donors (Lipinski definition) is 1. The first-order valence-electron chi connectivity index (χ1n) is 8.84. The van der Waals surface area contributed by atoms with Crippen LogP contribution < -0.4 is 10.1 Å². The fourth-order valence-corrected chi connectivity index (χ4v) is 4.06. The number of thioether (sulfide) groups is 2. The number of nitrogens with zero attached hydrogens (tertiary/aromatic N) is 2. The Balaban J connectivity index is 1.77. The summed E-state index contributed by atoms with van der Waals surface area (Å²) in [6.45, 7) is -0.447. The predicted octanol–water partition coefficient (Wildman–Crippen LogP) is 4.00. The van der Waals surface area contributed by atoms with Gasteiger partial charge >= 0.3 is 0 Å². The van der Waals surface area contributed by atoms with E-state index in [1.807, 2.05) is 12.3 Å². The third-order valence-electron chi connectivity index (χ3n) is 4.24. The molecule has 1 heterocycles. The minimum atomic E-state index is -0.656. The van der Waals surface area contributed by atoms with E-state index in [9.17, 15) is 24.5 Å². The van der Waals surface area contributed by atoms with Gasteiger partial charge in [-0.25, -0.2) is 0 Å². The molecule has 0 saturated carbocycles. The number of nitrogens with one attached hydrogen (secondary N) is 1. The lowest BCUT2D eigenvalue weighted by Gasteiger charge is -2.13. The van der Waals surface area contributed by atoms with Crippen LogP contribution in [0.5, 0.6) is 5.75 Å². The molecule has 2 aromatic carbocycles. The second kappa shape index (κ2) is 9.67. The van der Waals surface area contributed by atoms with Crippen molar-refractivity contribution in [3.8, 4) is 5.75 Å². The summed E-state index contributed by atoms with van der Waals surface area (Å²) >= 11 is 2.17. The number of non-ortho nitro benzene ring substituents is 1. The van der Waals surface area contributed by atoms with E-state index < -0.39 is 28.5 Å². The van der Waals surface area contributed by atoms with Gasteiger partial charge in [-0.1, -0.05) is 6.07 Å². The molecule has 160 valence electrons. The number of carbonyl (C=O) groups excluding carboxylic acids is 3. The van der Waals surface area contributed by atoms with E-state index in [4.69, 9.17) is 4.74 Å². The van der Waals surface area contributed by atoms with E-state index in [1.54, 1.807) is 18.2 Å². The third kappa shape index (κ3) is 5.25. The van der Waals surface area contributed by atoms with E-state index in [-0.39, 0.29) is 16.2 Å². The van der Waals surface area contributed by atoms with Gasteiger partial charge in [0.15, 0.2) is 0 Å². The molecular weight excluding hydrogens is 442 g/mol. The van der Waals surface area contributed by atoms with Gasteiger partial charge in [0.05, 0.1) is 16.9 Å². The largest absolute Gasteiger partial charge is 0.496 e. The standard InChI is InChI=1S/C20H17N3O6S2/c1-29-16-7-6-14(23(27)28)8-12(16)9-17-19(25)22(20(26)31-17)11-18(24)21-13-4-3-5-15(10-13)30-2/h3-10H,11H2,1-2H3,(H,21,24)/b17-9+. The second-order valence-corrected chi connectivity index (χ2v) is 8.10. The molecule has 3 amide bonds. The molecule has 1 aliphatic heterocycles. The zero-order valence-corrected chi connectivity index (χ0v) is 18.1. The van der Waals surface area contributed by atoms with Crippen molar-refractivity contribution in [2.75, 3.05) is 25.2 Å². The highest BCUT2D eigenvalue weighted by Crippen LogP contribution is 2.35. The van der Waals surface area contributed by atoms with E-state index >= 15 is 0 Å². The minimum Gasteiger partial charge on any atom is -0.496 e. The molecule has 31 heavy (non-hydrogen) atoms. The zero-order chi connectivity index (χ0) is 22.5. The molecule has 1 saturated heterocycles. The number of anilines is 1. The lowest BCUT2D eigenvalue weighted by atomic mass is 10.1. The fraction of sp³-hybridized carbons (Fsp3) is 0.150. The molecule has 1 aliphatic rings. The first kappa shape index (κ1) is 22.4. The van der Waals surface area contributed by atoms with Crippen molar-refractivity contribution in [2.45, 2.75) is 4.90 Å². The summed E-state index contributed by atoms with van der Waals surface area (Å²) in [4.78, 5) is 49.6. The van der Waals surface area contributed by atoms with Crippen LogP contribution in [0.25, 0.3) is 6.08 Å². The predicted molar refractivity (Wildman–Crippen MR) is 119 cm³/mol. The molecule has 0 aromatic heterocycles. The third-order valence-corrected chi connectivity index (χ3v) is 5.87. The minimum absolute atomic E-state index is 0.0426. The van der Waals surface area contributed by atoms with Crippen LogP contribution in [-0.4, -0.2) is 46.8 Å². The van der Waals surface area contributed by atoms with Crippen molar-refractivity contribution >= 4 is 58.0 Å². The molecule has 0 bridgehead atoms. The summed E-state index contributed by atoms with van der Waals surface area (Å²) < 4.78 is 5.18. The summed E-state index contributed by atoms with van der Waals surface area (Å²) in [6.07, 6.45) is 3.25. The van der Waals surface area contributed by atoms with Gasteiger partial charge in [0, 0.05) is 28.3 Å². The average Bonchev–Trinajstić information content (AvgIpc) is 3.01. The van der Waals surface area contributed by atoms with E-state index in [2.05, 4.69) is 5.32 Å². The normalized spacial score (nSPS) is 14.8. The molecule has 1 fully saturated rings. The van der Waals surface area contributed by atoms with Crippen LogP contribution in [0.1, 0.15) is 5.56 Å². The Morgan fingerprint density at radius 1 is 1.29 bits per heavy atom. The quantitative estimate of drug-likeness (QED) is 0.286. The molecular formula is C20H17N3O6S2. The molecule has 0 unspecified atom stereocenters. The number of nitro benzene ring substituents is 1. The highest BCUT2D eigenvalue weighted by atomic mass is 32.2. The maximum atomic E-state index is 12.7. The number of nitro groups is 1. The molecule has 0 aliphatic carbocycles. The summed E-state index contributed by atoms with van der Waals surface area (Å²) in [5.41, 5.74) is 0.652. The number of carbonyl (C=O) groups is 3. The number of ether oxygens (including phenoxy) is 1. The molecule has 0 spiro atoms. The van der Waals surface area contributed by atoms with E-state index in [0.29, 0.717) is 23.2 Å². The zero-order valence-electron chi connectivity index (χ0n) is 16.5. The number of imide groups is 1. The lowest BCUT2D eigenvalue weighted by Crippen LogP contribution is -2.36. The van der Waals surface area contributed by atoms with Gasteiger partial charge in [0.1, 0.15) is 12.3 Å². The van der Waals surface area contributed by atoms with Crippen molar-refractivity contribution in [1.29, 1.82) is 0 Å². The topological polar surface area (TPSA) is 119 Å². The van der Waals surface area contributed by atoms with Crippen molar-refractivity contribution in [1.82, 2.24) is 4.90 Å².